The van der Waals surface area contributed by atoms with Crippen LogP contribution in [0.2, 0.25) is 0 Å². The van der Waals surface area contributed by atoms with E-state index in [1.54, 1.807) is 0 Å². The summed E-state index contributed by atoms with van der Waals surface area (Å²) < 4.78 is 16.8. The molecule has 2 unspecified atom stereocenters. The van der Waals surface area contributed by atoms with Crippen molar-refractivity contribution in [1.29, 1.82) is 0 Å². The Morgan fingerprint density at radius 1 is 1.08 bits per heavy atom. The first kappa shape index (κ1) is 17.6. The summed E-state index contributed by atoms with van der Waals surface area (Å²) in [7, 11) is 0. The van der Waals surface area contributed by atoms with Crippen LogP contribution in [-0.2, 0) is 20.8 Å². The fourth-order valence-corrected chi connectivity index (χ4v) is 3.54. The van der Waals surface area contributed by atoms with E-state index >= 15 is 0 Å². The van der Waals surface area contributed by atoms with Crippen molar-refractivity contribution in [3.8, 4) is 0 Å². The van der Waals surface area contributed by atoms with Crippen molar-refractivity contribution < 1.29 is 14.2 Å². The number of fused-ring (bicyclic) bond motifs is 2. The van der Waals surface area contributed by atoms with Crippen molar-refractivity contribution in [1.82, 2.24) is 4.90 Å². The maximum atomic E-state index is 5.79. The van der Waals surface area contributed by atoms with Gasteiger partial charge in [0.05, 0.1) is 39.1 Å². The Balaban J connectivity index is 1.51. The summed E-state index contributed by atoms with van der Waals surface area (Å²) in [4.78, 5) is 2.60. The van der Waals surface area contributed by atoms with Gasteiger partial charge in [-0.2, -0.15) is 0 Å². The van der Waals surface area contributed by atoms with E-state index in [2.05, 4.69) is 41.3 Å². The molecule has 0 spiro atoms. The molecule has 3 rings (SSSR count). The minimum Gasteiger partial charge on any atom is -0.379 e. The molecule has 0 aromatic heterocycles. The fraction of sp³-hybridized carbons (Fsp3) is 0.600. The minimum absolute atomic E-state index is 0.399. The Kier molecular flexibility index (Phi) is 6.85. The van der Waals surface area contributed by atoms with Gasteiger partial charge in [0, 0.05) is 19.2 Å². The van der Waals surface area contributed by atoms with Crippen molar-refractivity contribution in [2.75, 3.05) is 39.6 Å². The van der Waals surface area contributed by atoms with Crippen LogP contribution in [0.25, 0.3) is 0 Å². The van der Waals surface area contributed by atoms with E-state index in [0.717, 1.165) is 45.8 Å². The molecule has 2 bridgehead atoms. The van der Waals surface area contributed by atoms with Gasteiger partial charge < -0.3 is 14.2 Å². The third kappa shape index (κ3) is 4.90. The minimum atomic E-state index is 0.399. The molecule has 0 N–H and O–H groups in total. The topological polar surface area (TPSA) is 30.9 Å². The molecule has 2 heterocycles. The van der Waals surface area contributed by atoms with Gasteiger partial charge in [-0.25, -0.2) is 0 Å². The molecule has 0 aliphatic carbocycles. The summed E-state index contributed by atoms with van der Waals surface area (Å²) in [5, 5.41) is 0. The highest BCUT2D eigenvalue weighted by molar-refractivity contribution is 5.20. The van der Waals surface area contributed by atoms with E-state index in [9.17, 15) is 0 Å². The Morgan fingerprint density at radius 2 is 1.92 bits per heavy atom. The van der Waals surface area contributed by atoms with Crippen molar-refractivity contribution in [3.05, 3.63) is 47.5 Å². The molecule has 4 heteroatoms. The molecule has 1 aromatic carbocycles. The third-order valence-electron chi connectivity index (χ3n) is 4.77. The predicted molar refractivity (Wildman–Crippen MR) is 95.0 cm³/mol. The molecule has 0 saturated carbocycles. The van der Waals surface area contributed by atoms with Gasteiger partial charge in [-0.05, 0) is 25.3 Å². The highest BCUT2D eigenvalue weighted by Crippen LogP contribution is 2.29. The van der Waals surface area contributed by atoms with Crippen LogP contribution in [0.15, 0.2) is 42.0 Å². The van der Waals surface area contributed by atoms with Crippen LogP contribution >= 0.6 is 0 Å². The normalized spacial score (nSPS) is 24.0. The number of hydrogen-bond donors (Lipinski definition) is 0. The lowest BCUT2D eigenvalue weighted by Gasteiger charge is -2.44. The largest absolute Gasteiger partial charge is 0.379 e. The van der Waals surface area contributed by atoms with Gasteiger partial charge in [0.25, 0.3) is 0 Å². The van der Waals surface area contributed by atoms with Gasteiger partial charge in [-0.3, -0.25) is 4.90 Å². The SMILES string of the molecule is CCOCCOCCC1=CC2COCC(C1)N2Cc1ccccc1. The second kappa shape index (κ2) is 9.33. The first-order chi connectivity index (χ1) is 11.9. The first-order valence-corrected chi connectivity index (χ1v) is 9.09. The number of benzene rings is 1. The fourth-order valence-electron chi connectivity index (χ4n) is 3.54. The molecule has 2 aliphatic rings. The lowest BCUT2D eigenvalue weighted by Crippen LogP contribution is -2.53. The molecule has 1 aromatic rings. The molecule has 2 aliphatic heterocycles. The molecule has 1 saturated heterocycles. The van der Waals surface area contributed by atoms with E-state index in [0.29, 0.717) is 25.3 Å². The van der Waals surface area contributed by atoms with Crippen LogP contribution in [0.3, 0.4) is 0 Å². The molecule has 132 valence electrons. The molecule has 0 amide bonds. The molecular formula is C20H29NO3. The summed E-state index contributed by atoms with van der Waals surface area (Å²) in [6.45, 7) is 7.59. The summed E-state index contributed by atoms with van der Waals surface area (Å²) >= 11 is 0. The zero-order valence-electron chi connectivity index (χ0n) is 14.7. The second-order valence-corrected chi connectivity index (χ2v) is 6.50. The highest BCUT2D eigenvalue weighted by atomic mass is 16.5. The lowest BCUT2D eigenvalue weighted by molar-refractivity contribution is -0.0447. The average molecular weight is 331 g/mol. The van der Waals surface area contributed by atoms with Crippen LogP contribution in [0.1, 0.15) is 25.3 Å². The number of ether oxygens (including phenoxy) is 3. The average Bonchev–Trinajstić information content (AvgIpc) is 2.59. The van der Waals surface area contributed by atoms with Crippen LogP contribution in [0, 0.1) is 0 Å². The van der Waals surface area contributed by atoms with Crippen LogP contribution in [0.5, 0.6) is 0 Å². The zero-order valence-corrected chi connectivity index (χ0v) is 14.7. The molecule has 0 radical (unpaired) electrons. The monoisotopic (exact) mass is 331 g/mol. The van der Waals surface area contributed by atoms with E-state index in [4.69, 9.17) is 14.2 Å². The molecule has 24 heavy (non-hydrogen) atoms. The van der Waals surface area contributed by atoms with Gasteiger partial charge in [0.1, 0.15) is 0 Å². The Hall–Kier alpha value is -1.20. The van der Waals surface area contributed by atoms with E-state index in [1.807, 2.05) is 6.92 Å². The lowest BCUT2D eigenvalue weighted by atomic mass is 9.92. The Bertz CT molecular complexity index is 517. The van der Waals surface area contributed by atoms with Crippen molar-refractivity contribution in [2.45, 2.75) is 38.4 Å². The molecule has 1 fully saturated rings. The van der Waals surface area contributed by atoms with Crippen molar-refractivity contribution in [2.24, 2.45) is 0 Å². The summed E-state index contributed by atoms with van der Waals surface area (Å²) in [5.41, 5.74) is 2.90. The maximum absolute atomic E-state index is 5.79. The van der Waals surface area contributed by atoms with Crippen molar-refractivity contribution >= 4 is 0 Å². The zero-order chi connectivity index (χ0) is 16.6. The van der Waals surface area contributed by atoms with Crippen LogP contribution in [-0.4, -0.2) is 56.6 Å². The highest BCUT2D eigenvalue weighted by Gasteiger charge is 2.34. The molecule has 4 nitrogen and oxygen atoms in total. The summed E-state index contributed by atoms with van der Waals surface area (Å²) in [6, 6.07) is 11.6. The summed E-state index contributed by atoms with van der Waals surface area (Å²) in [5.74, 6) is 0. The van der Waals surface area contributed by atoms with Gasteiger partial charge in [-0.15, -0.1) is 0 Å². The van der Waals surface area contributed by atoms with Gasteiger partial charge in [0.2, 0.25) is 0 Å². The second-order valence-electron chi connectivity index (χ2n) is 6.50. The van der Waals surface area contributed by atoms with Crippen LogP contribution < -0.4 is 0 Å². The van der Waals surface area contributed by atoms with E-state index in [-0.39, 0.29) is 0 Å². The summed E-state index contributed by atoms with van der Waals surface area (Å²) in [6.07, 6.45) is 4.53. The Labute approximate surface area is 145 Å². The molecular weight excluding hydrogens is 302 g/mol. The first-order valence-electron chi connectivity index (χ1n) is 9.09. The number of hydrogen-bond acceptors (Lipinski definition) is 4. The standard InChI is InChI=1S/C20H29NO3/c1-2-22-10-11-23-9-8-18-12-19-15-24-16-20(13-18)21(19)14-17-6-4-3-5-7-17/h3-7,12,19-20H,2,8-11,13-16H2,1H3. The van der Waals surface area contributed by atoms with Gasteiger partial charge in [-0.1, -0.05) is 42.0 Å². The quantitative estimate of drug-likeness (QED) is 0.514. The van der Waals surface area contributed by atoms with E-state index < -0.39 is 0 Å². The van der Waals surface area contributed by atoms with Crippen molar-refractivity contribution in [3.63, 3.8) is 0 Å². The third-order valence-corrected chi connectivity index (χ3v) is 4.77. The van der Waals surface area contributed by atoms with Gasteiger partial charge >= 0.3 is 0 Å². The molecule has 2 atom stereocenters. The van der Waals surface area contributed by atoms with Crippen LogP contribution in [0.4, 0.5) is 0 Å². The smallest absolute Gasteiger partial charge is 0.0700 e. The van der Waals surface area contributed by atoms with Gasteiger partial charge in [0.15, 0.2) is 0 Å². The number of nitrogens with zero attached hydrogens (tertiary/aromatic N) is 1. The number of morpholine rings is 1. The maximum Gasteiger partial charge on any atom is 0.0700 e. The predicted octanol–water partition coefficient (Wildman–Crippen LogP) is 3.03. The van der Waals surface area contributed by atoms with E-state index in [1.165, 1.54) is 11.1 Å². The Morgan fingerprint density at radius 3 is 2.71 bits per heavy atom. The number of rotatable bonds is 9.